The lowest BCUT2D eigenvalue weighted by atomic mass is 9.59. The molecule has 12 heavy (non-hydrogen) atoms. The van der Waals surface area contributed by atoms with Crippen LogP contribution in [0.3, 0.4) is 0 Å². The third-order valence-electron chi connectivity index (χ3n) is 2.51. The number of rotatable bonds is 1. The summed E-state index contributed by atoms with van der Waals surface area (Å²) >= 11 is 1.41. The summed E-state index contributed by atoms with van der Waals surface area (Å²) in [5.41, 5.74) is 0.722. The van der Waals surface area contributed by atoms with Crippen LogP contribution >= 0.6 is 11.5 Å². The highest BCUT2D eigenvalue weighted by Gasteiger charge is 2.49. The van der Waals surface area contributed by atoms with Crippen molar-refractivity contribution in [2.45, 2.75) is 32.3 Å². The molecule has 2 rings (SSSR count). The lowest BCUT2D eigenvalue weighted by molar-refractivity contribution is -0.119. The predicted molar refractivity (Wildman–Crippen MR) is 49.0 cm³/mol. The third kappa shape index (κ3) is 1.17. The first kappa shape index (κ1) is 8.20. The summed E-state index contributed by atoms with van der Waals surface area (Å²) in [5, 5.41) is 12.0. The number of nitrogens with zero attached hydrogens (tertiary/aromatic N) is 1. The minimum Gasteiger partial charge on any atom is -0.385 e. The maximum absolute atomic E-state index is 10.1. The molecule has 0 saturated heterocycles. The van der Waals surface area contributed by atoms with Gasteiger partial charge >= 0.3 is 0 Å². The molecule has 1 N–H and O–H groups in total. The molecule has 0 aliphatic heterocycles. The summed E-state index contributed by atoms with van der Waals surface area (Å²) < 4.78 is 4.00. The van der Waals surface area contributed by atoms with Crippen molar-refractivity contribution in [2.24, 2.45) is 5.41 Å². The standard InChI is InChI=1S/C9H13NOS/c1-8(2)5-9(11,6-8)7-3-10-12-4-7/h3-4,11H,5-6H2,1-2H3. The molecule has 1 fully saturated rings. The predicted octanol–water partition coefficient (Wildman–Crippen LogP) is 2.15. The zero-order valence-electron chi connectivity index (χ0n) is 7.37. The average Bonchev–Trinajstić information content (AvgIpc) is 2.31. The molecule has 0 amide bonds. The van der Waals surface area contributed by atoms with E-state index in [0.29, 0.717) is 5.41 Å². The van der Waals surface area contributed by atoms with Gasteiger partial charge in [0.05, 0.1) is 5.60 Å². The Morgan fingerprint density at radius 2 is 2.17 bits per heavy atom. The first-order valence-electron chi connectivity index (χ1n) is 4.14. The maximum atomic E-state index is 10.1. The molecule has 0 spiro atoms. The van der Waals surface area contributed by atoms with E-state index >= 15 is 0 Å². The van der Waals surface area contributed by atoms with E-state index in [1.807, 2.05) is 5.38 Å². The first-order valence-corrected chi connectivity index (χ1v) is 4.98. The van der Waals surface area contributed by atoms with Gasteiger partial charge in [-0.15, -0.1) is 0 Å². The second kappa shape index (κ2) is 2.30. The molecule has 1 aliphatic rings. The van der Waals surface area contributed by atoms with Crippen LogP contribution in [-0.4, -0.2) is 9.48 Å². The van der Waals surface area contributed by atoms with Crippen molar-refractivity contribution in [3.8, 4) is 0 Å². The van der Waals surface area contributed by atoms with Crippen LogP contribution in [0.5, 0.6) is 0 Å². The molecule has 0 atom stereocenters. The van der Waals surface area contributed by atoms with Gasteiger partial charge in [0.2, 0.25) is 0 Å². The molecule has 1 aromatic heterocycles. The third-order valence-corrected chi connectivity index (χ3v) is 3.10. The molecule has 1 aliphatic carbocycles. The minimum atomic E-state index is -0.573. The van der Waals surface area contributed by atoms with Crippen LogP contribution in [0.1, 0.15) is 32.3 Å². The Kier molecular flexibility index (Phi) is 1.57. The van der Waals surface area contributed by atoms with Crippen LogP contribution in [0.2, 0.25) is 0 Å². The van der Waals surface area contributed by atoms with Gasteiger partial charge in [0.1, 0.15) is 0 Å². The Balaban J connectivity index is 2.18. The summed E-state index contributed by atoms with van der Waals surface area (Å²) in [6.07, 6.45) is 3.50. The van der Waals surface area contributed by atoms with Gasteiger partial charge in [-0.3, -0.25) is 0 Å². The fraction of sp³-hybridized carbons (Fsp3) is 0.667. The van der Waals surface area contributed by atoms with E-state index in [0.717, 1.165) is 18.4 Å². The number of hydrogen-bond donors (Lipinski definition) is 1. The zero-order valence-corrected chi connectivity index (χ0v) is 8.19. The lowest BCUT2D eigenvalue weighted by Gasteiger charge is -2.49. The largest absolute Gasteiger partial charge is 0.385 e. The molecular formula is C9H13NOS. The Labute approximate surface area is 76.4 Å². The van der Waals surface area contributed by atoms with Gasteiger partial charge < -0.3 is 5.11 Å². The Morgan fingerprint density at radius 3 is 2.58 bits per heavy atom. The first-order chi connectivity index (χ1) is 5.52. The smallest absolute Gasteiger partial charge is 0.0930 e. The van der Waals surface area contributed by atoms with Crippen molar-refractivity contribution in [1.82, 2.24) is 4.37 Å². The normalized spacial score (nSPS) is 24.9. The van der Waals surface area contributed by atoms with E-state index in [4.69, 9.17) is 0 Å². The summed E-state index contributed by atoms with van der Waals surface area (Å²) in [6, 6.07) is 0. The van der Waals surface area contributed by atoms with Crippen LogP contribution in [0.25, 0.3) is 0 Å². The molecule has 1 saturated carbocycles. The van der Waals surface area contributed by atoms with Crippen LogP contribution in [0.4, 0.5) is 0 Å². The molecule has 0 unspecified atom stereocenters. The highest BCUT2D eigenvalue weighted by Crippen LogP contribution is 2.53. The summed E-state index contributed by atoms with van der Waals surface area (Å²) in [5.74, 6) is 0. The summed E-state index contributed by atoms with van der Waals surface area (Å²) in [7, 11) is 0. The summed E-state index contributed by atoms with van der Waals surface area (Å²) in [4.78, 5) is 0. The van der Waals surface area contributed by atoms with E-state index < -0.39 is 5.60 Å². The molecule has 0 radical (unpaired) electrons. The topological polar surface area (TPSA) is 33.1 Å². The van der Waals surface area contributed by atoms with Crippen LogP contribution in [-0.2, 0) is 5.60 Å². The molecule has 2 nitrogen and oxygen atoms in total. The fourth-order valence-electron chi connectivity index (χ4n) is 2.17. The molecular weight excluding hydrogens is 170 g/mol. The Hall–Kier alpha value is -0.410. The SMILES string of the molecule is CC1(C)CC(O)(c2cnsc2)C1. The number of hydrogen-bond acceptors (Lipinski definition) is 3. The molecule has 3 heteroatoms. The highest BCUT2D eigenvalue weighted by atomic mass is 32.1. The molecule has 66 valence electrons. The lowest BCUT2D eigenvalue weighted by Crippen LogP contribution is -2.46. The number of aromatic nitrogens is 1. The molecule has 0 bridgehead atoms. The van der Waals surface area contributed by atoms with Crippen molar-refractivity contribution in [3.05, 3.63) is 17.1 Å². The molecule has 1 aromatic rings. The van der Waals surface area contributed by atoms with Crippen LogP contribution in [0.15, 0.2) is 11.6 Å². The zero-order chi connectivity index (χ0) is 8.82. The van der Waals surface area contributed by atoms with Crippen molar-refractivity contribution in [1.29, 1.82) is 0 Å². The van der Waals surface area contributed by atoms with Gasteiger partial charge in [0.15, 0.2) is 0 Å². The van der Waals surface area contributed by atoms with Crippen molar-refractivity contribution < 1.29 is 5.11 Å². The number of aliphatic hydroxyl groups is 1. The van der Waals surface area contributed by atoms with Gasteiger partial charge in [-0.25, -0.2) is 4.37 Å². The van der Waals surface area contributed by atoms with E-state index in [2.05, 4.69) is 18.2 Å². The second-order valence-electron chi connectivity index (χ2n) is 4.46. The van der Waals surface area contributed by atoms with Gasteiger partial charge in [-0.05, 0) is 29.8 Å². The highest BCUT2D eigenvalue weighted by molar-refractivity contribution is 7.03. The van der Waals surface area contributed by atoms with Gasteiger partial charge in [-0.2, -0.15) is 0 Å². The van der Waals surface area contributed by atoms with E-state index in [1.54, 1.807) is 6.20 Å². The van der Waals surface area contributed by atoms with E-state index in [9.17, 15) is 5.11 Å². The van der Waals surface area contributed by atoms with Crippen LogP contribution in [0, 0.1) is 5.41 Å². The fourth-order valence-corrected chi connectivity index (χ4v) is 2.80. The quantitative estimate of drug-likeness (QED) is 0.723. The molecule has 0 aromatic carbocycles. The minimum absolute atomic E-state index is 0.302. The maximum Gasteiger partial charge on any atom is 0.0930 e. The second-order valence-corrected chi connectivity index (χ2v) is 5.12. The van der Waals surface area contributed by atoms with Crippen molar-refractivity contribution in [3.63, 3.8) is 0 Å². The van der Waals surface area contributed by atoms with Gasteiger partial charge in [-0.1, -0.05) is 13.8 Å². The monoisotopic (exact) mass is 183 g/mol. The Bertz CT molecular complexity index is 271. The average molecular weight is 183 g/mol. The van der Waals surface area contributed by atoms with E-state index in [1.165, 1.54) is 11.5 Å². The van der Waals surface area contributed by atoms with Crippen LogP contribution < -0.4 is 0 Å². The van der Waals surface area contributed by atoms with Crippen molar-refractivity contribution >= 4 is 11.5 Å². The van der Waals surface area contributed by atoms with Crippen molar-refractivity contribution in [2.75, 3.05) is 0 Å². The summed E-state index contributed by atoms with van der Waals surface area (Å²) in [6.45, 7) is 4.36. The van der Waals surface area contributed by atoms with Gasteiger partial charge in [0.25, 0.3) is 0 Å². The van der Waals surface area contributed by atoms with E-state index in [-0.39, 0.29) is 0 Å². The molecule has 1 heterocycles. The van der Waals surface area contributed by atoms with Gasteiger partial charge in [0, 0.05) is 17.1 Å². The Morgan fingerprint density at radius 1 is 1.50 bits per heavy atom.